The molecule has 0 aliphatic rings. The van der Waals surface area contributed by atoms with Crippen molar-refractivity contribution < 1.29 is 28.2 Å². The molecule has 0 bridgehead atoms. The lowest BCUT2D eigenvalue weighted by Gasteiger charge is -2.10. The molecule has 1 rings (SSSR count). The maximum atomic E-state index is 12.1. The molecule has 0 aliphatic carbocycles. The summed E-state index contributed by atoms with van der Waals surface area (Å²) in [7, 11) is 0. The fraction of sp³-hybridized carbons (Fsp3) is 0.0909. The Labute approximate surface area is 101 Å². The Morgan fingerprint density at radius 1 is 1.28 bits per heavy atom. The molecule has 2 N–H and O–H groups in total. The lowest BCUT2D eigenvalue weighted by molar-refractivity contribution is -0.131. The molecule has 0 unspecified atom stereocenters. The van der Waals surface area contributed by atoms with Crippen LogP contribution in [0.2, 0.25) is 0 Å². The lowest BCUT2D eigenvalue weighted by atomic mass is 10.3. The fourth-order valence-corrected chi connectivity index (χ4v) is 1.09. The summed E-state index contributed by atoms with van der Waals surface area (Å²) in [6, 6.07) is 5.57. The molecule has 0 aromatic heterocycles. The smallest absolute Gasteiger partial charge is 0.387 e. The van der Waals surface area contributed by atoms with Gasteiger partial charge in [0.2, 0.25) is 5.91 Å². The fourth-order valence-electron chi connectivity index (χ4n) is 1.09. The summed E-state index contributed by atoms with van der Waals surface area (Å²) in [5.74, 6) is -2.26. The van der Waals surface area contributed by atoms with Crippen LogP contribution >= 0.6 is 0 Å². The predicted molar refractivity (Wildman–Crippen MR) is 58.5 cm³/mol. The highest BCUT2D eigenvalue weighted by atomic mass is 19.3. The first-order valence-corrected chi connectivity index (χ1v) is 4.75. The standard InChI is InChI=1S/C11H9F2NO4/c12-11(13)18-8-4-2-1-3-7(8)14-9(15)5-6-10(16)17/h1-6,11H,(H,14,15)(H,16,17). The zero-order valence-corrected chi connectivity index (χ0v) is 8.97. The zero-order chi connectivity index (χ0) is 13.5. The summed E-state index contributed by atoms with van der Waals surface area (Å²) in [5.41, 5.74) is 0.0258. The Bertz CT molecular complexity index is 474. The first kappa shape index (κ1) is 13.6. The van der Waals surface area contributed by atoms with Gasteiger partial charge in [-0.05, 0) is 12.1 Å². The van der Waals surface area contributed by atoms with Crippen molar-refractivity contribution in [2.24, 2.45) is 0 Å². The van der Waals surface area contributed by atoms with Gasteiger partial charge in [-0.25, -0.2) is 4.79 Å². The average Bonchev–Trinajstić information content (AvgIpc) is 2.28. The van der Waals surface area contributed by atoms with E-state index >= 15 is 0 Å². The highest BCUT2D eigenvalue weighted by molar-refractivity contribution is 6.03. The number of para-hydroxylation sites is 2. The molecule has 1 aromatic rings. The third-order valence-corrected chi connectivity index (χ3v) is 1.74. The molecule has 0 radical (unpaired) electrons. The molecule has 7 heteroatoms. The van der Waals surface area contributed by atoms with Gasteiger partial charge in [-0.1, -0.05) is 12.1 Å². The second-order valence-corrected chi connectivity index (χ2v) is 3.04. The number of carbonyl (C=O) groups excluding carboxylic acids is 1. The number of anilines is 1. The normalized spacial score (nSPS) is 10.6. The molecule has 96 valence electrons. The van der Waals surface area contributed by atoms with Crippen molar-refractivity contribution in [3.8, 4) is 5.75 Å². The molecule has 0 heterocycles. The number of rotatable bonds is 5. The van der Waals surface area contributed by atoms with E-state index in [1.54, 1.807) is 0 Å². The van der Waals surface area contributed by atoms with Crippen LogP contribution in [0.5, 0.6) is 5.75 Å². The number of carboxylic acid groups (broad SMARTS) is 1. The Morgan fingerprint density at radius 2 is 1.94 bits per heavy atom. The Hall–Kier alpha value is -2.44. The minimum absolute atomic E-state index is 0.0258. The molecule has 0 atom stereocenters. The van der Waals surface area contributed by atoms with E-state index in [0.29, 0.717) is 6.08 Å². The van der Waals surface area contributed by atoms with E-state index in [-0.39, 0.29) is 11.4 Å². The van der Waals surface area contributed by atoms with Crippen LogP contribution in [0.3, 0.4) is 0 Å². The second kappa shape index (κ2) is 6.33. The molecule has 18 heavy (non-hydrogen) atoms. The third kappa shape index (κ3) is 4.60. The number of carbonyl (C=O) groups is 2. The van der Waals surface area contributed by atoms with Crippen molar-refractivity contribution in [1.29, 1.82) is 0 Å². The number of alkyl halides is 2. The van der Waals surface area contributed by atoms with Crippen LogP contribution in [-0.2, 0) is 9.59 Å². The topological polar surface area (TPSA) is 75.6 Å². The van der Waals surface area contributed by atoms with Crippen LogP contribution in [0.15, 0.2) is 36.4 Å². The number of hydrogen-bond donors (Lipinski definition) is 2. The van der Waals surface area contributed by atoms with Crippen LogP contribution in [0, 0.1) is 0 Å². The SMILES string of the molecule is O=C(O)C=CC(=O)Nc1ccccc1OC(F)F. The molecule has 5 nitrogen and oxygen atoms in total. The van der Waals surface area contributed by atoms with E-state index < -0.39 is 18.5 Å². The molecule has 0 saturated heterocycles. The van der Waals surface area contributed by atoms with Crippen molar-refractivity contribution in [2.45, 2.75) is 6.61 Å². The minimum atomic E-state index is -3.02. The highest BCUT2D eigenvalue weighted by Crippen LogP contribution is 2.25. The number of ether oxygens (including phenoxy) is 1. The molecule has 0 fully saturated rings. The van der Waals surface area contributed by atoms with Crippen molar-refractivity contribution >= 4 is 17.6 Å². The number of halogens is 2. The Morgan fingerprint density at radius 3 is 2.56 bits per heavy atom. The van der Waals surface area contributed by atoms with Gasteiger partial charge >= 0.3 is 12.6 Å². The van der Waals surface area contributed by atoms with Gasteiger partial charge in [0.1, 0.15) is 5.75 Å². The summed E-state index contributed by atoms with van der Waals surface area (Å²) >= 11 is 0. The number of carboxylic acids is 1. The van der Waals surface area contributed by atoms with Crippen LogP contribution in [0.25, 0.3) is 0 Å². The van der Waals surface area contributed by atoms with Crippen molar-refractivity contribution in [1.82, 2.24) is 0 Å². The lowest BCUT2D eigenvalue weighted by Crippen LogP contribution is -2.11. The molecule has 1 aromatic carbocycles. The van der Waals surface area contributed by atoms with E-state index in [4.69, 9.17) is 5.11 Å². The van der Waals surface area contributed by atoms with E-state index in [1.165, 1.54) is 24.3 Å². The molecular weight excluding hydrogens is 248 g/mol. The summed E-state index contributed by atoms with van der Waals surface area (Å²) in [6.45, 7) is -3.02. The quantitative estimate of drug-likeness (QED) is 0.789. The molecule has 0 saturated carbocycles. The number of benzene rings is 1. The number of amides is 1. The van der Waals surface area contributed by atoms with Gasteiger partial charge in [-0.2, -0.15) is 8.78 Å². The van der Waals surface area contributed by atoms with Crippen LogP contribution < -0.4 is 10.1 Å². The predicted octanol–water partition coefficient (Wildman–Crippen LogP) is 1.87. The third-order valence-electron chi connectivity index (χ3n) is 1.74. The van der Waals surface area contributed by atoms with Crippen molar-refractivity contribution in [3.63, 3.8) is 0 Å². The zero-order valence-electron chi connectivity index (χ0n) is 8.97. The summed E-state index contributed by atoms with van der Waals surface area (Å²) < 4.78 is 28.3. The van der Waals surface area contributed by atoms with E-state index in [2.05, 4.69) is 10.1 Å². The van der Waals surface area contributed by atoms with Crippen LogP contribution in [0.4, 0.5) is 14.5 Å². The largest absolute Gasteiger partial charge is 0.478 e. The average molecular weight is 257 g/mol. The minimum Gasteiger partial charge on any atom is -0.478 e. The van der Waals surface area contributed by atoms with Gasteiger partial charge in [-0.15, -0.1) is 0 Å². The van der Waals surface area contributed by atoms with Gasteiger partial charge in [0.05, 0.1) is 5.69 Å². The molecule has 1 amide bonds. The maximum absolute atomic E-state index is 12.1. The van der Waals surface area contributed by atoms with Gasteiger partial charge in [0.15, 0.2) is 0 Å². The van der Waals surface area contributed by atoms with Crippen LogP contribution in [0.1, 0.15) is 0 Å². The second-order valence-electron chi connectivity index (χ2n) is 3.04. The van der Waals surface area contributed by atoms with Crippen molar-refractivity contribution in [3.05, 3.63) is 36.4 Å². The number of aliphatic carboxylic acids is 1. The number of hydrogen-bond acceptors (Lipinski definition) is 3. The van der Waals surface area contributed by atoms with Crippen LogP contribution in [-0.4, -0.2) is 23.6 Å². The van der Waals surface area contributed by atoms with E-state index in [9.17, 15) is 18.4 Å². The Balaban J connectivity index is 2.77. The van der Waals surface area contributed by atoms with Gasteiger partial charge in [0.25, 0.3) is 0 Å². The first-order valence-electron chi connectivity index (χ1n) is 4.75. The molecule has 0 spiro atoms. The molecule has 0 aliphatic heterocycles. The van der Waals surface area contributed by atoms with E-state index in [0.717, 1.165) is 6.08 Å². The van der Waals surface area contributed by atoms with Crippen molar-refractivity contribution in [2.75, 3.05) is 5.32 Å². The van der Waals surface area contributed by atoms with E-state index in [1.807, 2.05) is 0 Å². The highest BCUT2D eigenvalue weighted by Gasteiger charge is 2.10. The monoisotopic (exact) mass is 257 g/mol. The summed E-state index contributed by atoms with van der Waals surface area (Å²) in [4.78, 5) is 21.4. The summed E-state index contributed by atoms with van der Waals surface area (Å²) in [6.07, 6.45) is 1.40. The summed E-state index contributed by atoms with van der Waals surface area (Å²) in [5, 5.41) is 10.5. The first-order chi connectivity index (χ1) is 8.49. The maximum Gasteiger partial charge on any atom is 0.387 e. The van der Waals surface area contributed by atoms with Gasteiger partial charge < -0.3 is 15.2 Å². The number of nitrogens with one attached hydrogen (secondary N) is 1. The molecular formula is C11H9F2NO4. The van der Waals surface area contributed by atoms with Gasteiger partial charge in [-0.3, -0.25) is 4.79 Å². The Kier molecular flexibility index (Phi) is 4.79. The van der Waals surface area contributed by atoms with Gasteiger partial charge in [0, 0.05) is 12.2 Å².